The average molecular weight is 268 g/mol. The molecule has 0 aliphatic carbocycles. The zero-order chi connectivity index (χ0) is 13.2. The van der Waals surface area contributed by atoms with Gasteiger partial charge in [-0.1, -0.05) is 38.5 Å². The summed E-state index contributed by atoms with van der Waals surface area (Å²) >= 11 is 1.66. The average Bonchev–Trinajstić information content (AvgIpc) is 2.83. The van der Waals surface area contributed by atoms with Crippen molar-refractivity contribution in [3.63, 3.8) is 0 Å². The minimum absolute atomic E-state index is 0.126. The zero-order valence-electron chi connectivity index (χ0n) is 11.7. The molecule has 102 valence electrons. The van der Waals surface area contributed by atoms with Crippen LogP contribution in [0.5, 0.6) is 0 Å². The molecular formula is C14H24N2OS. The van der Waals surface area contributed by atoms with Crippen molar-refractivity contribution >= 4 is 16.5 Å². The molecule has 3 nitrogen and oxygen atoms in total. The van der Waals surface area contributed by atoms with Gasteiger partial charge < -0.3 is 10.0 Å². The third-order valence-corrected chi connectivity index (χ3v) is 5.48. The SMILES string of the molecule is CCc1nc(N2CCC(C)(CC)CC2)sc1CO. The monoisotopic (exact) mass is 268 g/mol. The lowest BCUT2D eigenvalue weighted by Crippen LogP contribution is -2.38. The van der Waals surface area contributed by atoms with E-state index in [1.807, 2.05) is 0 Å². The Hall–Kier alpha value is -0.610. The largest absolute Gasteiger partial charge is 0.391 e. The minimum Gasteiger partial charge on any atom is -0.391 e. The lowest BCUT2D eigenvalue weighted by atomic mass is 9.78. The maximum atomic E-state index is 9.33. The van der Waals surface area contributed by atoms with Crippen LogP contribution in [-0.2, 0) is 13.0 Å². The molecule has 0 bridgehead atoms. The van der Waals surface area contributed by atoms with Crippen LogP contribution in [0.3, 0.4) is 0 Å². The summed E-state index contributed by atoms with van der Waals surface area (Å²) in [5.41, 5.74) is 1.59. The van der Waals surface area contributed by atoms with Crippen molar-refractivity contribution in [3.8, 4) is 0 Å². The van der Waals surface area contributed by atoms with Gasteiger partial charge in [0.25, 0.3) is 0 Å². The van der Waals surface area contributed by atoms with Crippen LogP contribution in [0.4, 0.5) is 5.13 Å². The van der Waals surface area contributed by atoms with E-state index < -0.39 is 0 Å². The highest BCUT2D eigenvalue weighted by Gasteiger charge is 2.29. The Morgan fingerprint density at radius 2 is 2.00 bits per heavy atom. The molecule has 0 amide bonds. The summed E-state index contributed by atoms with van der Waals surface area (Å²) in [5, 5.41) is 10.4. The third kappa shape index (κ3) is 2.69. The molecule has 0 spiro atoms. The van der Waals surface area contributed by atoms with Crippen LogP contribution in [0.2, 0.25) is 0 Å². The van der Waals surface area contributed by atoms with Gasteiger partial charge in [0.1, 0.15) is 0 Å². The molecule has 1 aromatic rings. The highest BCUT2D eigenvalue weighted by Crippen LogP contribution is 2.37. The number of aliphatic hydroxyl groups is 1. The molecule has 0 atom stereocenters. The third-order valence-electron chi connectivity index (χ3n) is 4.34. The summed E-state index contributed by atoms with van der Waals surface area (Å²) in [7, 11) is 0. The van der Waals surface area contributed by atoms with E-state index in [1.165, 1.54) is 19.3 Å². The van der Waals surface area contributed by atoms with Gasteiger partial charge in [0, 0.05) is 13.1 Å². The fraction of sp³-hybridized carbons (Fsp3) is 0.786. The summed E-state index contributed by atoms with van der Waals surface area (Å²) in [6.45, 7) is 9.11. The van der Waals surface area contributed by atoms with Crippen molar-refractivity contribution in [2.45, 2.75) is 53.1 Å². The fourth-order valence-electron chi connectivity index (χ4n) is 2.50. The van der Waals surface area contributed by atoms with E-state index in [4.69, 9.17) is 0 Å². The summed E-state index contributed by atoms with van der Waals surface area (Å²) in [4.78, 5) is 8.11. The van der Waals surface area contributed by atoms with E-state index in [1.54, 1.807) is 11.3 Å². The first-order valence-electron chi connectivity index (χ1n) is 6.96. The van der Waals surface area contributed by atoms with Gasteiger partial charge in [-0.25, -0.2) is 4.98 Å². The molecule has 4 heteroatoms. The Morgan fingerprint density at radius 3 is 2.44 bits per heavy atom. The molecular weight excluding hydrogens is 244 g/mol. The molecule has 2 heterocycles. The zero-order valence-corrected chi connectivity index (χ0v) is 12.5. The number of thiazole rings is 1. The van der Waals surface area contributed by atoms with Gasteiger partial charge in [-0.15, -0.1) is 0 Å². The molecule has 1 N–H and O–H groups in total. The first-order valence-corrected chi connectivity index (χ1v) is 7.78. The van der Waals surface area contributed by atoms with Crippen molar-refractivity contribution in [2.24, 2.45) is 5.41 Å². The molecule has 2 rings (SSSR count). The second kappa shape index (κ2) is 5.57. The van der Waals surface area contributed by atoms with Gasteiger partial charge in [-0.3, -0.25) is 0 Å². The van der Waals surface area contributed by atoms with Crippen LogP contribution in [0, 0.1) is 5.41 Å². The number of nitrogens with zero attached hydrogens (tertiary/aromatic N) is 2. The summed E-state index contributed by atoms with van der Waals surface area (Å²) in [6, 6.07) is 0. The predicted octanol–water partition coefficient (Wildman–Crippen LogP) is 3.21. The fourth-order valence-corrected chi connectivity index (χ4v) is 3.56. The second-order valence-corrected chi connectivity index (χ2v) is 6.59. The van der Waals surface area contributed by atoms with Crippen LogP contribution in [0.1, 0.15) is 50.6 Å². The Labute approximate surface area is 114 Å². The van der Waals surface area contributed by atoms with Crippen LogP contribution in [-0.4, -0.2) is 23.2 Å². The molecule has 0 radical (unpaired) electrons. The van der Waals surface area contributed by atoms with Gasteiger partial charge >= 0.3 is 0 Å². The summed E-state index contributed by atoms with van der Waals surface area (Å²) < 4.78 is 0. The van der Waals surface area contributed by atoms with E-state index in [-0.39, 0.29) is 6.61 Å². The molecule has 18 heavy (non-hydrogen) atoms. The van der Waals surface area contributed by atoms with E-state index in [0.29, 0.717) is 5.41 Å². The Balaban J connectivity index is 2.07. The van der Waals surface area contributed by atoms with Gasteiger partial charge in [-0.2, -0.15) is 0 Å². The quantitative estimate of drug-likeness (QED) is 0.911. The van der Waals surface area contributed by atoms with Gasteiger partial charge in [0.05, 0.1) is 17.2 Å². The number of piperidine rings is 1. The standard InChI is InChI=1S/C14H24N2OS/c1-4-11-12(10-17)18-13(15-11)16-8-6-14(3,5-2)7-9-16/h17H,4-10H2,1-3H3. The van der Waals surface area contributed by atoms with E-state index in [9.17, 15) is 5.11 Å². The van der Waals surface area contributed by atoms with Crippen LogP contribution >= 0.6 is 11.3 Å². The van der Waals surface area contributed by atoms with Crippen molar-refractivity contribution in [1.82, 2.24) is 4.98 Å². The molecule has 0 saturated carbocycles. The van der Waals surface area contributed by atoms with Gasteiger partial charge in [-0.05, 0) is 24.7 Å². The number of anilines is 1. The van der Waals surface area contributed by atoms with E-state index >= 15 is 0 Å². The lowest BCUT2D eigenvalue weighted by Gasteiger charge is -2.38. The molecule has 0 aromatic carbocycles. The van der Waals surface area contributed by atoms with Crippen LogP contribution < -0.4 is 4.90 Å². The first-order chi connectivity index (χ1) is 8.61. The number of aryl methyl sites for hydroxylation is 1. The van der Waals surface area contributed by atoms with Crippen molar-refractivity contribution in [2.75, 3.05) is 18.0 Å². The number of hydrogen-bond acceptors (Lipinski definition) is 4. The smallest absolute Gasteiger partial charge is 0.185 e. The number of aliphatic hydroxyl groups excluding tert-OH is 1. The van der Waals surface area contributed by atoms with Crippen molar-refractivity contribution in [1.29, 1.82) is 0 Å². The maximum Gasteiger partial charge on any atom is 0.185 e. The molecule has 1 saturated heterocycles. The van der Waals surface area contributed by atoms with Crippen molar-refractivity contribution in [3.05, 3.63) is 10.6 Å². The molecule has 1 aromatic heterocycles. The topological polar surface area (TPSA) is 36.4 Å². The molecule has 1 aliphatic rings. The van der Waals surface area contributed by atoms with E-state index in [2.05, 4.69) is 30.7 Å². The van der Waals surface area contributed by atoms with Gasteiger partial charge in [0.2, 0.25) is 0 Å². The van der Waals surface area contributed by atoms with Crippen LogP contribution in [0.25, 0.3) is 0 Å². The number of rotatable bonds is 4. The summed E-state index contributed by atoms with van der Waals surface area (Å²) in [5.74, 6) is 0. The lowest BCUT2D eigenvalue weighted by molar-refractivity contribution is 0.238. The first kappa shape index (κ1) is 13.8. The summed E-state index contributed by atoms with van der Waals surface area (Å²) in [6.07, 6.45) is 4.67. The molecule has 0 unspecified atom stereocenters. The molecule has 1 fully saturated rings. The highest BCUT2D eigenvalue weighted by molar-refractivity contribution is 7.15. The highest BCUT2D eigenvalue weighted by atomic mass is 32.1. The Morgan fingerprint density at radius 1 is 1.33 bits per heavy atom. The predicted molar refractivity (Wildman–Crippen MR) is 77.3 cm³/mol. The minimum atomic E-state index is 0.126. The Kier molecular flexibility index (Phi) is 4.28. The van der Waals surface area contributed by atoms with Gasteiger partial charge in [0.15, 0.2) is 5.13 Å². The Bertz CT molecular complexity index is 373. The number of aromatic nitrogens is 1. The maximum absolute atomic E-state index is 9.33. The number of hydrogen-bond donors (Lipinski definition) is 1. The van der Waals surface area contributed by atoms with Crippen molar-refractivity contribution < 1.29 is 5.11 Å². The second-order valence-electron chi connectivity index (χ2n) is 5.53. The molecule has 1 aliphatic heterocycles. The van der Waals surface area contributed by atoms with E-state index in [0.717, 1.165) is 35.2 Å². The van der Waals surface area contributed by atoms with Crippen LogP contribution in [0.15, 0.2) is 0 Å². The normalized spacial score (nSPS) is 19.2.